The maximum atomic E-state index is 11.6. The van der Waals surface area contributed by atoms with Gasteiger partial charge in [-0.1, -0.05) is 6.07 Å². The van der Waals surface area contributed by atoms with Crippen LogP contribution in [0.1, 0.15) is 18.9 Å². The summed E-state index contributed by atoms with van der Waals surface area (Å²) in [7, 11) is 0. The van der Waals surface area contributed by atoms with Gasteiger partial charge in [-0.3, -0.25) is 4.79 Å². The summed E-state index contributed by atoms with van der Waals surface area (Å²) in [5.74, 6) is 1.52. The molecule has 0 aliphatic carbocycles. The van der Waals surface area contributed by atoms with Crippen molar-refractivity contribution in [3.8, 4) is 11.5 Å². The molecule has 1 aromatic rings. The van der Waals surface area contributed by atoms with Crippen molar-refractivity contribution in [2.24, 2.45) is 5.10 Å². The Kier molecular flexibility index (Phi) is 2.24. The van der Waals surface area contributed by atoms with Crippen LogP contribution in [0.2, 0.25) is 0 Å². The van der Waals surface area contributed by atoms with Gasteiger partial charge < -0.3 is 9.47 Å². The molecule has 0 unspecified atom stereocenters. The second kappa shape index (κ2) is 3.76. The fraction of sp³-hybridized carbons (Fsp3) is 0.333. The Balaban J connectivity index is 1.80. The van der Waals surface area contributed by atoms with Gasteiger partial charge in [0.15, 0.2) is 11.5 Å². The lowest BCUT2D eigenvalue weighted by Crippen LogP contribution is -2.19. The predicted molar refractivity (Wildman–Crippen MR) is 60.8 cm³/mol. The van der Waals surface area contributed by atoms with E-state index in [-0.39, 0.29) is 12.7 Å². The second-order valence-electron chi connectivity index (χ2n) is 4.15. The Morgan fingerprint density at radius 2 is 2.18 bits per heavy atom. The summed E-state index contributed by atoms with van der Waals surface area (Å²) < 4.78 is 10.5. The van der Waals surface area contributed by atoms with Crippen molar-refractivity contribution < 1.29 is 14.3 Å². The van der Waals surface area contributed by atoms with Crippen molar-refractivity contribution in [2.75, 3.05) is 6.79 Å². The van der Waals surface area contributed by atoms with Crippen LogP contribution < -0.4 is 9.47 Å². The molecule has 2 aliphatic heterocycles. The van der Waals surface area contributed by atoms with Gasteiger partial charge >= 0.3 is 0 Å². The maximum absolute atomic E-state index is 11.6. The fourth-order valence-electron chi connectivity index (χ4n) is 1.94. The Morgan fingerprint density at radius 1 is 1.35 bits per heavy atom. The average Bonchev–Trinajstić information content (AvgIpc) is 2.85. The van der Waals surface area contributed by atoms with Crippen molar-refractivity contribution in [1.82, 2.24) is 5.01 Å². The number of nitrogens with zero attached hydrogens (tertiary/aromatic N) is 2. The minimum Gasteiger partial charge on any atom is -0.454 e. The molecule has 0 fully saturated rings. The van der Waals surface area contributed by atoms with E-state index >= 15 is 0 Å². The lowest BCUT2D eigenvalue weighted by molar-refractivity contribution is -0.129. The van der Waals surface area contributed by atoms with Crippen LogP contribution in [0.5, 0.6) is 11.5 Å². The molecule has 1 amide bonds. The fourth-order valence-corrected chi connectivity index (χ4v) is 1.94. The highest BCUT2D eigenvalue weighted by atomic mass is 16.7. The predicted octanol–water partition coefficient (Wildman–Crippen LogP) is 1.52. The highest BCUT2D eigenvalue weighted by molar-refractivity contribution is 6.03. The minimum atomic E-state index is 0.0418. The highest BCUT2D eigenvalue weighted by Gasteiger charge is 2.22. The average molecular weight is 232 g/mol. The Morgan fingerprint density at radius 3 is 2.94 bits per heavy atom. The van der Waals surface area contributed by atoms with E-state index in [2.05, 4.69) is 5.10 Å². The molecule has 5 heteroatoms. The van der Waals surface area contributed by atoms with E-state index < -0.39 is 0 Å². The molecule has 2 heterocycles. The van der Waals surface area contributed by atoms with Gasteiger partial charge in [-0.15, -0.1) is 0 Å². The Labute approximate surface area is 98.6 Å². The topological polar surface area (TPSA) is 51.1 Å². The first-order chi connectivity index (χ1) is 8.22. The summed E-state index contributed by atoms with van der Waals surface area (Å²) in [6.45, 7) is 2.60. The zero-order valence-corrected chi connectivity index (χ0v) is 9.47. The molecule has 0 saturated heterocycles. The van der Waals surface area contributed by atoms with E-state index in [9.17, 15) is 4.79 Å². The monoisotopic (exact) mass is 232 g/mol. The third-order valence-corrected chi connectivity index (χ3v) is 2.76. The summed E-state index contributed by atoms with van der Waals surface area (Å²) >= 11 is 0. The van der Waals surface area contributed by atoms with Gasteiger partial charge in [0.1, 0.15) is 0 Å². The smallest absolute Gasteiger partial charge is 0.248 e. The zero-order chi connectivity index (χ0) is 11.8. The number of hydrazone groups is 1. The number of benzene rings is 1. The van der Waals surface area contributed by atoms with E-state index in [0.29, 0.717) is 13.0 Å². The zero-order valence-electron chi connectivity index (χ0n) is 9.47. The SMILES string of the molecule is CC1=NN(Cc2ccc3c(c2)OCO3)C(=O)C1. The number of fused-ring (bicyclic) bond motifs is 1. The first-order valence-corrected chi connectivity index (χ1v) is 5.45. The van der Waals surface area contributed by atoms with Crippen LogP contribution in [-0.4, -0.2) is 23.4 Å². The first kappa shape index (κ1) is 10.1. The second-order valence-corrected chi connectivity index (χ2v) is 4.15. The number of hydrogen-bond donors (Lipinski definition) is 0. The summed E-state index contributed by atoms with van der Waals surface area (Å²) in [5.41, 5.74) is 1.84. The first-order valence-electron chi connectivity index (χ1n) is 5.45. The normalized spacial score (nSPS) is 17.6. The van der Waals surface area contributed by atoms with Gasteiger partial charge in [0.2, 0.25) is 12.7 Å². The Hall–Kier alpha value is -2.04. The van der Waals surface area contributed by atoms with Crippen LogP contribution in [0.4, 0.5) is 0 Å². The van der Waals surface area contributed by atoms with Crippen molar-refractivity contribution >= 4 is 11.6 Å². The quantitative estimate of drug-likeness (QED) is 0.776. The number of carbonyl (C=O) groups excluding carboxylic acids is 1. The number of ether oxygens (including phenoxy) is 2. The molecule has 1 aromatic carbocycles. The van der Waals surface area contributed by atoms with E-state index in [1.807, 2.05) is 25.1 Å². The van der Waals surface area contributed by atoms with Crippen LogP contribution in [0.25, 0.3) is 0 Å². The van der Waals surface area contributed by atoms with Gasteiger partial charge in [0.25, 0.3) is 0 Å². The molecule has 17 heavy (non-hydrogen) atoms. The molecular formula is C12H12N2O3. The summed E-state index contributed by atoms with van der Waals surface area (Å²) in [6.07, 6.45) is 0.421. The van der Waals surface area contributed by atoms with Crippen LogP contribution in [0, 0.1) is 0 Å². The molecule has 0 radical (unpaired) electrons. The molecule has 2 aliphatic rings. The molecule has 0 N–H and O–H groups in total. The highest BCUT2D eigenvalue weighted by Crippen LogP contribution is 2.33. The molecule has 0 spiro atoms. The van der Waals surface area contributed by atoms with Gasteiger partial charge in [0, 0.05) is 5.71 Å². The van der Waals surface area contributed by atoms with Crippen molar-refractivity contribution in [3.63, 3.8) is 0 Å². The third-order valence-electron chi connectivity index (χ3n) is 2.76. The molecule has 3 rings (SSSR count). The molecule has 5 nitrogen and oxygen atoms in total. The van der Waals surface area contributed by atoms with E-state index in [0.717, 1.165) is 22.8 Å². The number of rotatable bonds is 2. The number of hydrogen-bond acceptors (Lipinski definition) is 4. The summed E-state index contributed by atoms with van der Waals surface area (Å²) in [6, 6.07) is 5.66. The van der Waals surface area contributed by atoms with Gasteiger partial charge in [-0.2, -0.15) is 5.10 Å². The molecule has 0 atom stereocenters. The van der Waals surface area contributed by atoms with E-state index in [4.69, 9.17) is 9.47 Å². The van der Waals surface area contributed by atoms with Gasteiger partial charge in [0.05, 0.1) is 13.0 Å². The van der Waals surface area contributed by atoms with Crippen molar-refractivity contribution in [1.29, 1.82) is 0 Å². The largest absolute Gasteiger partial charge is 0.454 e. The van der Waals surface area contributed by atoms with Crippen LogP contribution in [0.3, 0.4) is 0 Å². The molecule has 0 aromatic heterocycles. The van der Waals surface area contributed by atoms with Crippen LogP contribution in [0.15, 0.2) is 23.3 Å². The number of amides is 1. The van der Waals surface area contributed by atoms with Crippen LogP contribution in [-0.2, 0) is 11.3 Å². The molecular weight excluding hydrogens is 220 g/mol. The molecule has 88 valence electrons. The summed E-state index contributed by atoms with van der Waals surface area (Å²) in [4.78, 5) is 11.6. The summed E-state index contributed by atoms with van der Waals surface area (Å²) in [5, 5.41) is 5.68. The lowest BCUT2D eigenvalue weighted by atomic mass is 10.2. The van der Waals surface area contributed by atoms with E-state index in [1.54, 1.807) is 0 Å². The van der Waals surface area contributed by atoms with E-state index in [1.165, 1.54) is 5.01 Å². The van der Waals surface area contributed by atoms with Crippen LogP contribution >= 0.6 is 0 Å². The lowest BCUT2D eigenvalue weighted by Gasteiger charge is -2.11. The number of carbonyl (C=O) groups is 1. The molecule has 0 saturated carbocycles. The van der Waals surface area contributed by atoms with Crippen molar-refractivity contribution in [3.05, 3.63) is 23.8 Å². The van der Waals surface area contributed by atoms with Crippen molar-refractivity contribution in [2.45, 2.75) is 19.9 Å². The third kappa shape index (κ3) is 1.84. The van der Waals surface area contributed by atoms with Gasteiger partial charge in [-0.05, 0) is 24.6 Å². The standard InChI is InChI=1S/C12H12N2O3/c1-8-4-12(15)14(13-8)6-9-2-3-10-11(5-9)17-7-16-10/h2-3,5H,4,6-7H2,1H3. The van der Waals surface area contributed by atoms with Gasteiger partial charge in [-0.25, -0.2) is 5.01 Å². The minimum absolute atomic E-state index is 0.0418. The Bertz CT molecular complexity index is 510. The maximum Gasteiger partial charge on any atom is 0.248 e. The molecule has 0 bridgehead atoms.